The number of nitrogens with one attached hydrogen (secondary N) is 2. The Bertz CT molecular complexity index is 557. The van der Waals surface area contributed by atoms with E-state index in [1.807, 2.05) is 11.7 Å². The van der Waals surface area contributed by atoms with E-state index in [1.165, 1.54) is 69.4 Å². The third-order valence-corrected chi connectivity index (χ3v) is 5.29. The first-order valence-electron chi connectivity index (χ1n) is 10.4. The largest absolute Gasteiger partial charge is 0.357 e. The Morgan fingerprint density at radius 2 is 1.85 bits per heavy atom. The molecule has 0 unspecified atom stereocenters. The van der Waals surface area contributed by atoms with Crippen LogP contribution in [0, 0.1) is 13.8 Å². The van der Waals surface area contributed by atoms with E-state index in [4.69, 9.17) is 4.99 Å². The summed E-state index contributed by atoms with van der Waals surface area (Å²) in [6.45, 7) is 12.7. The summed E-state index contributed by atoms with van der Waals surface area (Å²) in [5.74, 6) is 0.909. The summed E-state index contributed by atoms with van der Waals surface area (Å²) < 4.78 is 1.93. The molecule has 1 aliphatic heterocycles. The molecule has 0 amide bonds. The molecule has 2 rings (SSSR count). The summed E-state index contributed by atoms with van der Waals surface area (Å²) in [6.07, 6.45) is 7.99. The van der Waals surface area contributed by atoms with Gasteiger partial charge in [0, 0.05) is 31.4 Å². The molecule has 6 heteroatoms. The number of nitrogens with zero attached hydrogens (tertiary/aromatic N) is 4. The maximum atomic E-state index is 4.74. The van der Waals surface area contributed by atoms with Crippen LogP contribution in [0.3, 0.4) is 0 Å². The SMILES string of the molecule is CCNC(=NCc1c(C)nn(C)c1C)NCCCCCN1CCCCC1. The smallest absolute Gasteiger partial charge is 0.191 e. The number of unbranched alkanes of at least 4 members (excludes halogenated alkanes) is 2. The van der Waals surface area contributed by atoms with E-state index in [-0.39, 0.29) is 0 Å². The number of rotatable bonds is 9. The average Bonchev–Trinajstić information content (AvgIpc) is 2.88. The zero-order chi connectivity index (χ0) is 18.8. The van der Waals surface area contributed by atoms with Gasteiger partial charge in [-0.15, -0.1) is 0 Å². The Kier molecular flexibility index (Phi) is 8.95. The second kappa shape index (κ2) is 11.2. The Morgan fingerprint density at radius 3 is 2.50 bits per heavy atom. The van der Waals surface area contributed by atoms with Gasteiger partial charge in [-0.05, 0) is 66.1 Å². The Hall–Kier alpha value is -1.56. The minimum absolute atomic E-state index is 0.676. The van der Waals surface area contributed by atoms with Gasteiger partial charge < -0.3 is 15.5 Å². The average molecular weight is 363 g/mol. The van der Waals surface area contributed by atoms with Gasteiger partial charge in [0.25, 0.3) is 0 Å². The summed E-state index contributed by atoms with van der Waals surface area (Å²) >= 11 is 0. The molecule has 0 radical (unpaired) electrons. The van der Waals surface area contributed by atoms with E-state index in [2.05, 4.69) is 41.4 Å². The van der Waals surface area contributed by atoms with E-state index in [9.17, 15) is 0 Å². The fourth-order valence-corrected chi connectivity index (χ4v) is 3.57. The lowest BCUT2D eigenvalue weighted by atomic mass is 10.1. The number of hydrogen-bond donors (Lipinski definition) is 2. The van der Waals surface area contributed by atoms with Crippen molar-refractivity contribution in [2.75, 3.05) is 32.7 Å². The fraction of sp³-hybridized carbons (Fsp3) is 0.800. The van der Waals surface area contributed by atoms with Crippen LogP contribution < -0.4 is 10.6 Å². The van der Waals surface area contributed by atoms with Gasteiger partial charge in [-0.25, -0.2) is 4.99 Å². The number of piperidine rings is 1. The van der Waals surface area contributed by atoms with Crippen molar-refractivity contribution in [3.05, 3.63) is 17.0 Å². The molecule has 0 saturated carbocycles. The molecule has 1 aliphatic rings. The molecule has 1 aromatic heterocycles. The second-order valence-corrected chi connectivity index (χ2v) is 7.36. The molecule has 0 spiro atoms. The minimum atomic E-state index is 0.676. The summed E-state index contributed by atoms with van der Waals surface area (Å²) in [4.78, 5) is 7.37. The fourth-order valence-electron chi connectivity index (χ4n) is 3.57. The number of aromatic nitrogens is 2. The molecular weight excluding hydrogens is 324 g/mol. The molecule has 0 bridgehead atoms. The van der Waals surface area contributed by atoms with Crippen LogP contribution in [-0.2, 0) is 13.6 Å². The van der Waals surface area contributed by atoms with E-state index in [1.54, 1.807) is 0 Å². The van der Waals surface area contributed by atoms with Gasteiger partial charge in [0.1, 0.15) is 0 Å². The number of guanidine groups is 1. The highest BCUT2D eigenvalue weighted by Gasteiger charge is 2.10. The first kappa shape index (κ1) is 20.7. The maximum absolute atomic E-state index is 4.74. The van der Waals surface area contributed by atoms with Gasteiger partial charge in [-0.3, -0.25) is 4.68 Å². The first-order valence-corrected chi connectivity index (χ1v) is 10.4. The van der Waals surface area contributed by atoms with Crippen LogP contribution in [0.5, 0.6) is 0 Å². The molecule has 148 valence electrons. The zero-order valence-electron chi connectivity index (χ0n) is 17.3. The molecule has 0 aliphatic carbocycles. The Labute approximate surface area is 159 Å². The van der Waals surface area contributed by atoms with Crippen molar-refractivity contribution in [1.82, 2.24) is 25.3 Å². The molecule has 26 heavy (non-hydrogen) atoms. The minimum Gasteiger partial charge on any atom is -0.357 e. The molecule has 1 saturated heterocycles. The highest BCUT2D eigenvalue weighted by molar-refractivity contribution is 5.79. The standard InChI is InChI=1S/C20H38N6/c1-5-21-20(23-16-19-17(2)24-25(4)18(19)3)22-12-8-6-9-13-26-14-10-7-11-15-26/h5-16H2,1-4H3,(H2,21,22,23). The number of hydrogen-bond acceptors (Lipinski definition) is 3. The van der Waals surface area contributed by atoms with Crippen molar-refractivity contribution in [1.29, 1.82) is 0 Å². The highest BCUT2D eigenvalue weighted by Crippen LogP contribution is 2.13. The van der Waals surface area contributed by atoms with Crippen LogP contribution in [0.15, 0.2) is 4.99 Å². The number of likely N-dealkylation sites (tertiary alicyclic amines) is 1. The van der Waals surface area contributed by atoms with Crippen LogP contribution in [0.4, 0.5) is 0 Å². The zero-order valence-corrected chi connectivity index (χ0v) is 17.3. The molecule has 2 heterocycles. The van der Waals surface area contributed by atoms with Crippen LogP contribution in [0.25, 0.3) is 0 Å². The summed E-state index contributed by atoms with van der Waals surface area (Å²) in [5.41, 5.74) is 3.49. The molecular formula is C20H38N6. The normalized spacial score (nSPS) is 16.1. The van der Waals surface area contributed by atoms with Crippen LogP contribution >= 0.6 is 0 Å². The van der Waals surface area contributed by atoms with Gasteiger partial charge >= 0.3 is 0 Å². The topological polar surface area (TPSA) is 57.5 Å². The molecule has 0 aromatic carbocycles. The van der Waals surface area contributed by atoms with Crippen molar-refractivity contribution in [3.63, 3.8) is 0 Å². The summed E-state index contributed by atoms with van der Waals surface area (Å²) in [6, 6.07) is 0. The van der Waals surface area contributed by atoms with Gasteiger partial charge in [0.2, 0.25) is 0 Å². The van der Waals surface area contributed by atoms with Gasteiger partial charge in [0.05, 0.1) is 12.2 Å². The van der Waals surface area contributed by atoms with Crippen LogP contribution in [-0.4, -0.2) is 53.4 Å². The molecule has 1 fully saturated rings. The maximum Gasteiger partial charge on any atom is 0.191 e. The van der Waals surface area contributed by atoms with Crippen LogP contribution in [0.2, 0.25) is 0 Å². The molecule has 6 nitrogen and oxygen atoms in total. The van der Waals surface area contributed by atoms with E-state index in [0.717, 1.165) is 24.7 Å². The van der Waals surface area contributed by atoms with E-state index in [0.29, 0.717) is 6.54 Å². The lowest BCUT2D eigenvalue weighted by Gasteiger charge is -2.26. The predicted octanol–water partition coefficient (Wildman–Crippen LogP) is 2.75. The first-order chi connectivity index (χ1) is 12.6. The van der Waals surface area contributed by atoms with Crippen molar-refractivity contribution >= 4 is 5.96 Å². The quantitative estimate of drug-likeness (QED) is 0.403. The van der Waals surface area contributed by atoms with Crippen molar-refractivity contribution in [3.8, 4) is 0 Å². The Morgan fingerprint density at radius 1 is 1.08 bits per heavy atom. The molecule has 2 N–H and O–H groups in total. The second-order valence-electron chi connectivity index (χ2n) is 7.36. The monoisotopic (exact) mass is 362 g/mol. The van der Waals surface area contributed by atoms with E-state index < -0.39 is 0 Å². The number of aliphatic imine (C=N–C) groups is 1. The summed E-state index contributed by atoms with van der Waals surface area (Å²) in [5, 5.41) is 11.3. The van der Waals surface area contributed by atoms with Gasteiger partial charge in [0.15, 0.2) is 5.96 Å². The lowest BCUT2D eigenvalue weighted by Crippen LogP contribution is -2.37. The number of aryl methyl sites for hydroxylation is 2. The summed E-state index contributed by atoms with van der Waals surface area (Å²) in [7, 11) is 1.99. The molecule has 1 aromatic rings. The third-order valence-electron chi connectivity index (χ3n) is 5.29. The van der Waals surface area contributed by atoms with Crippen molar-refractivity contribution in [2.45, 2.75) is 65.8 Å². The van der Waals surface area contributed by atoms with Crippen LogP contribution in [0.1, 0.15) is 62.4 Å². The van der Waals surface area contributed by atoms with Crippen molar-refractivity contribution < 1.29 is 0 Å². The van der Waals surface area contributed by atoms with Crippen molar-refractivity contribution in [2.24, 2.45) is 12.0 Å². The lowest BCUT2D eigenvalue weighted by molar-refractivity contribution is 0.224. The Balaban J connectivity index is 1.68. The van der Waals surface area contributed by atoms with Gasteiger partial charge in [-0.2, -0.15) is 5.10 Å². The third kappa shape index (κ3) is 6.63. The highest BCUT2D eigenvalue weighted by atomic mass is 15.3. The van der Waals surface area contributed by atoms with Gasteiger partial charge in [-0.1, -0.05) is 12.8 Å². The molecule has 0 atom stereocenters. The predicted molar refractivity (Wildman–Crippen MR) is 110 cm³/mol. The van der Waals surface area contributed by atoms with E-state index >= 15 is 0 Å².